The summed E-state index contributed by atoms with van der Waals surface area (Å²) in [6.45, 7) is 13.0. The largest absolute Gasteiger partial charge is 0.508 e. The summed E-state index contributed by atoms with van der Waals surface area (Å²) >= 11 is 0. The third-order valence-corrected chi connectivity index (χ3v) is 19.0. The number of ether oxygens (including phenoxy) is 1. The molecule has 0 radical (unpaired) electrons. The van der Waals surface area contributed by atoms with E-state index in [4.69, 9.17) is 14.7 Å². The Bertz CT molecular complexity index is 3300. The normalized spacial score (nSPS) is 25.0. The number of amides is 2. The summed E-state index contributed by atoms with van der Waals surface area (Å²) < 4.78 is 39.2. The Labute approximate surface area is 460 Å². The van der Waals surface area contributed by atoms with Gasteiger partial charge in [0, 0.05) is 119 Å². The van der Waals surface area contributed by atoms with Gasteiger partial charge >= 0.3 is 6.01 Å². The highest BCUT2D eigenvalue weighted by molar-refractivity contribution is 6.00. The Kier molecular flexibility index (Phi) is 13.9. The van der Waals surface area contributed by atoms with Crippen LogP contribution in [0, 0.1) is 29.4 Å². The van der Waals surface area contributed by atoms with Crippen LogP contribution >= 0.6 is 0 Å². The lowest BCUT2D eigenvalue weighted by Gasteiger charge is -2.40. The first kappa shape index (κ1) is 51.9. The van der Waals surface area contributed by atoms with Crippen molar-refractivity contribution < 1.29 is 33.3 Å². The van der Waals surface area contributed by atoms with E-state index in [2.05, 4.69) is 60.0 Å². The van der Waals surface area contributed by atoms with Gasteiger partial charge in [-0.05, 0) is 123 Å². The standard InChI is InChI=1S/C62H72F2N10O5/c1-36(2)49-26-50(54(76)27-53(49)75)61(78)74-30-42-11-10-37(22-43(42)31-74)29-70-16-14-39(15-17-70)60(77)72-20-18-71(19-21-72)46-25-47(69(3)34-46)35-79-62-67-58-51(59(68-62)73-32-44-23-40-12-13-41(40)24-45(33-73)66-44)28-65-57(56(58)64)48-8-4-6-38-7-5-9-52(63)55(38)48/h4-11,22,26-28,36,39-41,44-47,66,75-76H,12-21,23-25,29-35H2,1-3H3/t40?,41?,44?,45?,46-,47-/m0/s1. The first-order valence-corrected chi connectivity index (χ1v) is 28.9. The van der Waals surface area contributed by atoms with Crippen molar-refractivity contribution in [3.63, 3.8) is 0 Å². The van der Waals surface area contributed by atoms with Crippen molar-refractivity contribution in [1.29, 1.82) is 0 Å². The van der Waals surface area contributed by atoms with E-state index in [1.807, 2.05) is 26.0 Å². The lowest BCUT2D eigenvalue weighted by atomic mass is 9.69. The molecule has 2 aromatic heterocycles. The van der Waals surface area contributed by atoms with Crippen molar-refractivity contribution in [2.24, 2.45) is 17.8 Å². The number of carbonyl (C=O) groups is 2. The zero-order valence-corrected chi connectivity index (χ0v) is 45.6. The minimum Gasteiger partial charge on any atom is -0.508 e. The van der Waals surface area contributed by atoms with Crippen LogP contribution in [0.4, 0.5) is 14.6 Å². The fourth-order valence-corrected chi connectivity index (χ4v) is 14.4. The fraction of sp³-hybridized carbons (Fsp3) is 0.500. The number of aromatic hydroxyl groups is 2. The number of rotatable bonds is 11. The maximum Gasteiger partial charge on any atom is 0.319 e. The number of halogens is 2. The lowest BCUT2D eigenvalue weighted by Crippen LogP contribution is -2.56. The molecule has 2 amide bonds. The number of nitrogens with zero attached hydrogens (tertiary/aromatic N) is 9. The zero-order chi connectivity index (χ0) is 54.2. The minimum absolute atomic E-state index is 0.00164. The molecule has 5 saturated heterocycles. The minimum atomic E-state index is -0.623. The average molecular weight is 1080 g/mol. The first-order valence-electron chi connectivity index (χ1n) is 28.9. The predicted octanol–water partition coefficient (Wildman–Crippen LogP) is 8.29. The number of carbonyl (C=O) groups excluding carboxylic acids is 2. The van der Waals surface area contributed by atoms with E-state index in [1.165, 1.54) is 30.5 Å². The number of aromatic nitrogens is 3. The van der Waals surface area contributed by atoms with Crippen LogP contribution in [0.1, 0.15) is 97.3 Å². The third kappa shape index (κ3) is 10.0. The van der Waals surface area contributed by atoms with Crippen LogP contribution in [-0.4, -0.2) is 158 Å². The molecule has 1 aliphatic carbocycles. The van der Waals surface area contributed by atoms with Crippen LogP contribution in [0.5, 0.6) is 17.5 Å². The second-order valence-electron chi connectivity index (χ2n) is 24.2. The summed E-state index contributed by atoms with van der Waals surface area (Å²) in [5, 5.41) is 26.3. The number of anilines is 1. The molecule has 414 valence electrons. The van der Waals surface area contributed by atoms with Crippen LogP contribution in [0.25, 0.3) is 32.9 Å². The second kappa shape index (κ2) is 21.2. The number of nitrogens with one attached hydrogen (secondary N) is 1. The lowest BCUT2D eigenvalue weighted by molar-refractivity contribution is -0.139. The van der Waals surface area contributed by atoms with Crippen molar-refractivity contribution in [1.82, 2.24) is 44.8 Å². The molecule has 6 fully saturated rings. The SMILES string of the molecule is CC(C)c1cc(C(=O)N2Cc3ccc(CN4CCC(C(=O)N5CCN([C@H]6C[C@@H](COc7nc(N8CC9CC%10CCC%10CC(C8)N9)c8cnc(-c9cccc%10cccc(F)c9%10)c(F)c8n7)N(C)C6)CC5)CC4)cc3C2)c(O)cc1O. The third-order valence-electron chi connectivity index (χ3n) is 19.0. The Morgan fingerprint density at radius 2 is 1.53 bits per heavy atom. The molecule has 3 N–H and O–H groups in total. The molecular weight excluding hydrogens is 1000 g/mol. The molecule has 79 heavy (non-hydrogen) atoms. The molecular formula is C62H72F2N10O5. The molecule has 13 rings (SSSR count). The number of hydrogen-bond acceptors (Lipinski definition) is 13. The molecule has 7 aliphatic rings. The molecule has 6 aromatic rings. The topological polar surface area (TPSA) is 154 Å². The second-order valence-corrected chi connectivity index (χ2v) is 24.2. The van der Waals surface area contributed by atoms with Crippen LogP contribution < -0.4 is 15.0 Å². The molecule has 15 nitrogen and oxygen atoms in total. The number of phenolic OH excluding ortho intramolecular Hbond substituents is 2. The van der Waals surface area contributed by atoms with Gasteiger partial charge in [-0.15, -0.1) is 0 Å². The van der Waals surface area contributed by atoms with E-state index < -0.39 is 11.6 Å². The maximum absolute atomic E-state index is 17.2. The van der Waals surface area contributed by atoms with Crippen molar-refractivity contribution in [3.05, 3.63) is 112 Å². The number of hydrogen-bond donors (Lipinski definition) is 3. The Morgan fingerprint density at radius 1 is 0.797 bits per heavy atom. The highest BCUT2D eigenvalue weighted by atomic mass is 19.1. The van der Waals surface area contributed by atoms with Crippen LogP contribution in [-0.2, 0) is 24.4 Å². The zero-order valence-electron chi connectivity index (χ0n) is 45.6. The molecule has 8 heterocycles. The van der Waals surface area contributed by atoms with Gasteiger partial charge in [-0.3, -0.25) is 29.3 Å². The van der Waals surface area contributed by atoms with E-state index in [9.17, 15) is 19.8 Å². The van der Waals surface area contributed by atoms with Gasteiger partial charge in [-0.25, -0.2) is 8.78 Å². The summed E-state index contributed by atoms with van der Waals surface area (Å²) in [6.07, 6.45) is 9.01. The van der Waals surface area contributed by atoms with Gasteiger partial charge in [0.1, 0.15) is 41.0 Å². The summed E-state index contributed by atoms with van der Waals surface area (Å²) in [5.41, 5.74) is 4.75. The summed E-state index contributed by atoms with van der Waals surface area (Å²) in [4.78, 5) is 55.5. The van der Waals surface area contributed by atoms with Crippen molar-refractivity contribution in [2.45, 2.75) is 109 Å². The van der Waals surface area contributed by atoms with E-state index in [1.54, 1.807) is 35.4 Å². The molecule has 2 bridgehead atoms. The number of piperidine rings is 1. The van der Waals surface area contributed by atoms with Crippen LogP contribution in [0.3, 0.4) is 0 Å². The molecule has 6 aliphatic heterocycles. The molecule has 17 heteroatoms. The molecule has 1 saturated carbocycles. The highest BCUT2D eigenvalue weighted by Crippen LogP contribution is 2.45. The van der Waals surface area contributed by atoms with Crippen molar-refractivity contribution >= 4 is 39.3 Å². The maximum atomic E-state index is 17.2. The van der Waals surface area contributed by atoms with Gasteiger partial charge in [0.25, 0.3) is 5.91 Å². The van der Waals surface area contributed by atoms with Gasteiger partial charge in [0.2, 0.25) is 5.91 Å². The molecule has 6 atom stereocenters. The molecule has 0 spiro atoms. The number of fused-ring (bicyclic) bond motifs is 6. The van der Waals surface area contributed by atoms with E-state index >= 15 is 8.78 Å². The van der Waals surface area contributed by atoms with Gasteiger partial charge in [0.05, 0.1) is 10.9 Å². The highest BCUT2D eigenvalue weighted by Gasteiger charge is 2.42. The van der Waals surface area contributed by atoms with E-state index in [0.29, 0.717) is 84.0 Å². The van der Waals surface area contributed by atoms with Gasteiger partial charge in [-0.1, -0.05) is 62.4 Å². The smallest absolute Gasteiger partial charge is 0.319 e. The number of likely N-dealkylation sites (N-methyl/N-ethyl adjacent to an activating group) is 1. The molecule has 4 unspecified atom stereocenters. The monoisotopic (exact) mass is 1070 g/mol. The van der Waals surface area contributed by atoms with Crippen LogP contribution in [0.15, 0.2) is 72.9 Å². The number of likely N-dealkylation sites (tertiary alicyclic amines) is 2. The summed E-state index contributed by atoms with van der Waals surface area (Å²) in [5.74, 6) is 0.871. The number of pyridine rings is 1. The first-order chi connectivity index (χ1) is 38.3. The summed E-state index contributed by atoms with van der Waals surface area (Å²) in [6, 6.07) is 20.6. The number of benzene rings is 4. The Hall–Kier alpha value is -6.53. The van der Waals surface area contributed by atoms with E-state index in [0.717, 1.165) is 107 Å². The quantitative estimate of drug-likeness (QED) is 0.114. The Morgan fingerprint density at radius 3 is 2.27 bits per heavy atom. The average Bonchev–Trinajstić information content (AvgIpc) is 4.15. The van der Waals surface area contributed by atoms with Crippen LogP contribution in [0.2, 0.25) is 0 Å². The van der Waals surface area contributed by atoms with Crippen molar-refractivity contribution in [3.8, 4) is 28.8 Å². The molecule has 4 aromatic carbocycles. The van der Waals surface area contributed by atoms with Crippen molar-refractivity contribution in [2.75, 3.05) is 77.5 Å². The fourth-order valence-electron chi connectivity index (χ4n) is 14.4. The van der Waals surface area contributed by atoms with Gasteiger partial charge in [0.15, 0.2) is 5.82 Å². The number of phenols is 2. The number of piperazine rings is 2. The van der Waals surface area contributed by atoms with Gasteiger partial charge in [-0.2, -0.15) is 9.97 Å². The van der Waals surface area contributed by atoms with Gasteiger partial charge < -0.3 is 35.0 Å². The predicted molar refractivity (Wildman–Crippen MR) is 299 cm³/mol. The Balaban J connectivity index is 0.621. The van der Waals surface area contributed by atoms with E-state index in [-0.39, 0.29) is 64.0 Å². The summed E-state index contributed by atoms with van der Waals surface area (Å²) in [7, 11) is 2.12.